The van der Waals surface area contributed by atoms with E-state index in [0.29, 0.717) is 6.54 Å². The minimum Gasteiger partial charge on any atom is -0.298 e. The maximum atomic E-state index is 4.93. The molecule has 0 aromatic rings. The first-order chi connectivity index (χ1) is 3.77. The van der Waals surface area contributed by atoms with Crippen LogP contribution in [0.1, 0.15) is 13.8 Å². The Labute approximate surface area is 50.0 Å². The molecule has 0 aliphatic carbocycles. The average Bonchev–Trinajstić information content (AvgIpc) is 1.66. The zero-order valence-electron chi connectivity index (χ0n) is 5.23. The fourth-order valence-corrected chi connectivity index (χ4v) is 0.243. The van der Waals surface area contributed by atoms with Gasteiger partial charge in [-0.05, 0) is 13.8 Å². The Balaban J connectivity index is 3.20. The van der Waals surface area contributed by atoms with Gasteiger partial charge in [0.25, 0.3) is 0 Å². The maximum absolute atomic E-state index is 4.93. The van der Waals surface area contributed by atoms with Crippen LogP contribution in [-0.4, -0.2) is 12.3 Å². The van der Waals surface area contributed by atoms with Crippen molar-refractivity contribution in [1.82, 2.24) is 5.43 Å². The summed E-state index contributed by atoms with van der Waals surface area (Å²) in [7, 11) is 0. The molecule has 2 heteroatoms. The minimum atomic E-state index is 0.505. The van der Waals surface area contributed by atoms with Gasteiger partial charge in [0.1, 0.15) is 0 Å². The maximum Gasteiger partial charge on any atom is 0.0935 e. The van der Waals surface area contributed by atoms with E-state index in [4.69, 9.17) is 6.42 Å². The molecule has 0 saturated heterocycles. The standard InChI is InChI=1S/C6H10N2/c1-4-5-7-8-6(2)3/h1,7H,5H2,2-3H3. The minimum absolute atomic E-state index is 0.505. The molecule has 0 aliphatic heterocycles. The van der Waals surface area contributed by atoms with Crippen LogP contribution in [0.5, 0.6) is 0 Å². The van der Waals surface area contributed by atoms with E-state index < -0.39 is 0 Å². The summed E-state index contributed by atoms with van der Waals surface area (Å²) in [5, 5.41) is 3.84. The number of hydrazone groups is 1. The smallest absolute Gasteiger partial charge is 0.0935 e. The largest absolute Gasteiger partial charge is 0.298 e. The number of hydrogen-bond donors (Lipinski definition) is 1. The fraction of sp³-hybridized carbons (Fsp3) is 0.500. The van der Waals surface area contributed by atoms with Crippen molar-refractivity contribution in [3.05, 3.63) is 0 Å². The van der Waals surface area contributed by atoms with E-state index in [1.807, 2.05) is 13.8 Å². The van der Waals surface area contributed by atoms with Gasteiger partial charge in [-0.15, -0.1) is 6.42 Å². The van der Waals surface area contributed by atoms with Crippen LogP contribution < -0.4 is 5.43 Å². The summed E-state index contributed by atoms with van der Waals surface area (Å²) in [5.41, 5.74) is 3.67. The fourth-order valence-electron chi connectivity index (χ4n) is 0.243. The molecule has 8 heavy (non-hydrogen) atoms. The van der Waals surface area contributed by atoms with Gasteiger partial charge in [-0.3, -0.25) is 5.43 Å². The van der Waals surface area contributed by atoms with Gasteiger partial charge in [-0.1, -0.05) is 5.92 Å². The Kier molecular flexibility index (Phi) is 3.69. The lowest BCUT2D eigenvalue weighted by Gasteiger charge is -1.90. The van der Waals surface area contributed by atoms with Crippen LogP contribution in [0.3, 0.4) is 0 Å². The van der Waals surface area contributed by atoms with Crippen molar-refractivity contribution >= 4 is 5.71 Å². The van der Waals surface area contributed by atoms with Gasteiger partial charge in [-0.2, -0.15) is 5.10 Å². The summed E-state index contributed by atoms with van der Waals surface area (Å²) in [5.74, 6) is 2.40. The number of terminal acetylenes is 1. The van der Waals surface area contributed by atoms with Gasteiger partial charge >= 0.3 is 0 Å². The van der Waals surface area contributed by atoms with Crippen LogP contribution in [0.15, 0.2) is 5.10 Å². The van der Waals surface area contributed by atoms with Crippen LogP contribution in [0.2, 0.25) is 0 Å². The van der Waals surface area contributed by atoms with Crippen molar-refractivity contribution in [2.75, 3.05) is 6.54 Å². The quantitative estimate of drug-likeness (QED) is 0.239. The normalized spacial score (nSPS) is 7.12. The summed E-state index contributed by atoms with van der Waals surface area (Å²) in [6, 6.07) is 0. The second kappa shape index (κ2) is 4.20. The number of hydrogen-bond acceptors (Lipinski definition) is 2. The van der Waals surface area contributed by atoms with E-state index in [-0.39, 0.29) is 0 Å². The van der Waals surface area contributed by atoms with Gasteiger partial charge in [0, 0.05) is 5.71 Å². The lowest BCUT2D eigenvalue weighted by molar-refractivity contribution is 0.837. The summed E-state index contributed by atoms with van der Waals surface area (Å²) >= 11 is 0. The first-order valence-corrected chi connectivity index (χ1v) is 2.44. The van der Waals surface area contributed by atoms with Gasteiger partial charge in [-0.25, -0.2) is 0 Å². The van der Waals surface area contributed by atoms with E-state index in [1.54, 1.807) is 0 Å². The molecule has 0 saturated carbocycles. The van der Waals surface area contributed by atoms with Gasteiger partial charge in [0.05, 0.1) is 6.54 Å². The monoisotopic (exact) mass is 110 g/mol. The number of nitrogens with one attached hydrogen (secondary N) is 1. The third kappa shape index (κ3) is 5.03. The summed E-state index contributed by atoms with van der Waals surface area (Å²) in [6.07, 6.45) is 4.93. The zero-order chi connectivity index (χ0) is 6.41. The molecular formula is C6H10N2. The predicted molar refractivity (Wildman–Crippen MR) is 35.6 cm³/mol. The third-order valence-electron chi connectivity index (χ3n) is 0.484. The van der Waals surface area contributed by atoms with Crippen LogP contribution in [-0.2, 0) is 0 Å². The molecule has 0 atom stereocenters. The Hall–Kier alpha value is -0.970. The van der Waals surface area contributed by atoms with Crippen LogP contribution >= 0.6 is 0 Å². The molecule has 0 spiro atoms. The van der Waals surface area contributed by atoms with Crippen molar-refractivity contribution < 1.29 is 0 Å². The van der Waals surface area contributed by atoms with Gasteiger partial charge in [0.15, 0.2) is 0 Å². The van der Waals surface area contributed by atoms with Crippen molar-refractivity contribution in [2.24, 2.45) is 5.10 Å². The molecule has 0 heterocycles. The Morgan fingerprint density at radius 2 is 2.38 bits per heavy atom. The molecule has 1 N–H and O–H groups in total. The molecule has 0 aliphatic rings. The Morgan fingerprint density at radius 1 is 1.75 bits per heavy atom. The molecule has 0 fully saturated rings. The molecule has 0 amide bonds. The molecule has 0 rings (SSSR count). The highest BCUT2D eigenvalue weighted by atomic mass is 15.3. The number of nitrogens with zero attached hydrogens (tertiary/aromatic N) is 1. The zero-order valence-corrected chi connectivity index (χ0v) is 5.23. The van der Waals surface area contributed by atoms with Gasteiger partial charge in [0.2, 0.25) is 0 Å². The number of rotatable bonds is 2. The summed E-state index contributed by atoms with van der Waals surface area (Å²) in [4.78, 5) is 0. The SMILES string of the molecule is C#CCNN=C(C)C. The first kappa shape index (κ1) is 7.03. The van der Waals surface area contributed by atoms with E-state index in [9.17, 15) is 0 Å². The molecule has 44 valence electrons. The lowest BCUT2D eigenvalue weighted by atomic mass is 10.5. The summed E-state index contributed by atoms with van der Waals surface area (Å²) in [6.45, 7) is 4.32. The highest BCUT2D eigenvalue weighted by Gasteiger charge is 1.72. The Morgan fingerprint density at radius 3 is 2.75 bits per heavy atom. The molecule has 0 bridgehead atoms. The first-order valence-electron chi connectivity index (χ1n) is 2.44. The van der Waals surface area contributed by atoms with Crippen LogP contribution in [0, 0.1) is 12.3 Å². The van der Waals surface area contributed by atoms with Crippen LogP contribution in [0.4, 0.5) is 0 Å². The van der Waals surface area contributed by atoms with Crippen molar-refractivity contribution in [3.63, 3.8) is 0 Å². The van der Waals surface area contributed by atoms with Crippen molar-refractivity contribution in [2.45, 2.75) is 13.8 Å². The second-order valence-electron chi connectivity index (χ2n) is 1.60. The van der Waals surface area contributed by atoms with Crippen molar-refractivity contribution in [3.8, 4) is 12.3 Å². The molecular weight excluding hydrogens is 100 g/mol. The molecule has 2 nitrogen and oxygen atoms in total. The van der Waals surface area contributed by atoms with Crippen molar-refractivity contribution in [1.29, 1.82) is 0 Å². The Bertz CT molecular complexity index is 115. The second-order valence-corrected chi connectivity index (χ2v) is 1.60. The summed E-state index contributed by atoms with van der Waals surface area (Å²) < 4.78 is 0. The van der Waals surface area contributed by atoms with Crippen LogP contribution in [0.25, 0.3) is 0 Å². The average molecular weight is 110 g/mol. The highest BCUT2D eigenvalue weighted by Crippen LogP contribution is 1.66. The molecule has 0 aromatic carbocycles. The van der Waals surface area contributed by atoms with E-state index >= 15 is 0 Å². The highest BCUT2D eigenvalue weighted by molar-refractivity contribution is 5.78. The molecule has 0 unspecified atom stereocenters. The lowest BCUT2D eigenvalue weighted by Crippen LogP contribution is -2.06. The van der Waals surface area contributed by atoms with E-state index in [1.165, 1.54) is 0 Å². The predicted octanol–water partition coefficient (Wildman–Crippen LogP) is 0.605. The van der Waals surface area contributed by atoms with E-state index in [0.717, 1.165) is 5.71 Å². The molecule has 0 radical (unpaired) electrons. The topological polar surface area (TPSA) is 24.4 Å². The van der Waals surface area contributed by atoms with E-state index in [2.05, 4.69) is 16.4 Å². The third-order valence-corrected chi connectivity index (χ3v) is 0.484. The van der Waals surface area contributed by atoms with Gasteiger partial charge < -0.3 is 0 Å². The molecule has 0 aromatic heterocycles.